The van der Waals surface area contributed by atoms with Gasteiger partial charge in [0.05, 0.1) is 0 Å². The highest BCUT2D eigenvalue weighted by Gasteiger charge is 2.20. The number of benzene rings is 7. The van der Waals surface area contributed by atoms with Crippen molar-refractivity contribution < 1.29 is 8.83 Å². The van der Waals surface area contributed by atoms with E-state index in [0.717, 1.165) is 60.9 Å². The number of hydrogen-bond acceptors (Lipinski definition) is 7. The largest absolute Gasteiger partial charge is 0.456 e. The van der Waals surface area contributed by atoms with Gasteiger partial charge in [-0.1, -0.05) is 115 Å². The van der Waals surface area contributed by atoms with Gasteiger partial charge in [-0.3, -0.25) is 0 Å². The minimum absolute atomic E-state index is 0.556. The molecule has 11 rings (SSSR count). The molecule has 4 heterocycles. The normalized spacial score (nSPS) is 11.8. The maximum atomic E-state index is 6.38. The van der Waals surface area contributed by atoms with Crippen LogP contribution in [-0.4, -0.2) is 19.9 Å². The van der Waals surface area contributed by atoms with Crippen LogP contribution in [0.5, 0.6) is 0 Å². The average molecular weight is 699 g/mol. The van der Waals surface area contributed by atoms with Gasteiger partial charge in [0.2, 0.25) is 5.89 Å². The second-order valence-electron chi connectivity index (χ2n) is 13.0. The number of nitrogens with zero attached hydrogens (tertiary/aromatic N) is 4. The summed E-state index contributed by atoms with van der Waals surface area (Å²) in [5.41, 5.74) is 8.95. The number of rotatable bonds is 5. The van der Waals surface area contributed by atoms with Crippen LogP contribution in [0.1, 0.15) is 0 Å². The minimum atomic E-state index is 0.556. The van der Waals surface area contributed by atoms with Crippen LogP contribution in [0.25, 0.3) is 110 Å². The third-order valence-corrected chi connectivity index (χ3v) is 11.0. The Balaban J connectivity index is 1.06. The Morgan fingerprint density at radius 3 is 1.92 bits per heavy atom. The molecule has 0 saturated heterocycles. The molecule has 248 valence electrons. The van der Waals surface area contributed by atoms with Crippen molar-refractivity contribution in [2.24, 2.45) is 0 Å². The average Bonchev–Trinajstić information content (AvgIpc) is 3.94. The van der Waals surface area contributed by atoms with Gasteiger partial charge in [0.1, 0.15) is 16.7 Å². The lowest BCUT2D eigenvalue weighted by atomic mass is 10.0. The summed E-state index contributed by atoms with van der Waals surface area (Å²) in [6, 6.07) is 53.6. The Morgan fingerprint density at radius 1 is 0.396 bits per heavy atom. The van der Waals surface area contributed by atoms with Gasteiger partial charge in [-0.25, -0.2) is 19.9 Å². The van der Waals surface area contributed by atoms with Crippen molar-refractivity contribution in [3.8, 4) is 56.7 Å². The summed E-state index contributed by atoms with van der Waals surface area (Å²) in [4.78, 5) is 20.0. The van der Waals surface area contributed by atoms with Crippen LogP contribution >= 0.6 is 11.3 Å². The Bertz CT molecular complexity index is 3150. The summed E-state index contributed by atoms with van der Waals surface area (Å²) in [5.74, 6) is 2.31. The van der Waals surface area contributed by atoms with Crippen LogP contribution < -0.4 is 0 Å². The molecule has 0 spiro atoms. The van der Waals surface area contributed by atoms with Gasteiger partial charge in [-0.05, 0) is 53.6 Å². The first-order valence-corrected chi connectivity index (χ1v) is 18.2. The Labute approximate surface area is 306 Å². The fraction of sp³-hybridized carbons (Fsp3) is 0. The van der Waals surface area contributed by atoms with Gasteiger partial charge in [0.15, 0.2) is 23.1 Å². The van der Waals surface area contributed by atoms with Gasteiger partial charge in [-0.15, -0.1) is 11.3 Å². The van der Waals surface area contributed by atoms with Crippen molar-refractivity contribution >= 4 is 64.5 Å². The molecule has 0 bridgehead atoms. The molecule has 7 heteroatoms. The number of hydrogen-bond donors (Lipinski definition) is 0. The van der Waals surface area contributed by atoms with Crippen molar-refractivity contribution in [2.45, 2.75) is 0 Å². The zero-order chi connectivity index (χ0) is 34.9. The van der Waals surface area contributed by atoms with E-state index in [-0.39, 0.29) is 0 Å². The summed E-state index contributed by atoms with van der Waals surface area (Å²) >= 11 is 1.84. The van der Waals surface area contributed by atoms with Gasteiger partial charge >= 0.3 is 0 Å². The summed E-state index contributed by atoms with van der Waals surface area (Å²) in [7, 11) is 0. The molecule has 7 aromatic carbocycles. The number of oxazole rings is 1. The van der Waals surface area contributed by atoms with Crippen LogP contribution in [0, 0.1) is 0 Å². The van der Waals surface area contributed by atoms with Crippen molar-refractivity contribution in [2.75, 3.05) is 0 Å². The highest BCUT2D eigenvalue weighted by Crippen LogP contribution is 2.41. The first-order valence-electron chi connectivity index (χ1n) is 17.4. The molecular weight excluding hydrogens is 673 g/mol. The number of thiophene rings is 1. The highest BCUT2D eigenvalue weighted by molar-refractivity contribution is 7.26. The molecular formula is C46H26N4O2S. The zero-order valence-corrected chi connectivity index (χ0v) is 28.8. The molecule has 53 heavy (non-hydrogen) atoms. The van der Waals surface area contributed by atoms with Gasteiger partial charge in [0, 0.05) is 53.2 Å². The lowest BCUT2D eigenvalue weighted by molar-refractivity contribution is 0.620. The molecule has 0 unspecified atom stereocenters. The molecule has 0 amide bonds. The lowest BCUT2D eigenvalue weighted by Gasteiger charge is -2.10. The monoisotopic (exact) mass is 698 g/mol. The molecule has 4 aromatic heterocycles. The fourth-order valence-corrected chi connectivity index (χ4v) is 8.50. The van der Waals surface area contributed by atoms with E-state index in [1.54, 1.807) is 0 Å². The predicted octanol–water partition coefficient (Wildman–Crippen LogP) is 12.6. The Hall–Kier alpha value is -6.96. The van der Waals surface area contributed by atoms with E-state index in [4.69, 9.17) is 28.8 Å². The minimum Gasteiger partial charge on any atom is -0.456 e. The molecule has 0 N–H and O–H groups in total. The number of furan rings is 1. The molecule has 0 saturated carbocycles. The van der Waals surface area contributed by atoms with E-state index < -0.39 is 0 Å². The standard InChI is InChI=1S/C46H26N4O2S/c1-2-10-28(11-3-1)43-48-44(29-22-20-27(21-23-29)31-13-8-14-33-32-12-4-7-19-40(32)53-42(31)33)50-45(49-43)34-15-9-18-39-41(34)35-26-30(24-25-37(35)51-39)46-47-36-16-5-6-17-38(36)52-46/h1-26H. The zero-order valence-electron chi connectivity index (χ0n) is 28.0. The van der Waals surface area contributed by atoms with E-state index in [2.05, 4.69) is 72.8 Å². The van der Waals surface area contributed by atoms with Crippen molar-refractivity contribution in [3.05, 3.63) is 158 Å². The smallest absolute Gasteiger partial charge is 0.227 e. The summed E-state index contributed by atoms with van der Waals surface area (Å²) in [5, 5.41) is 4.42. The van der Waals surface area contributed by atoms with Crippen LogP contribution in [0.15, 0.2) is 167 Å². The van der Waals surface area contributed by atoms with E-state index in [1.807, 2.05) is 96.3 Å². The second kappa shape index (κ2) is 11.8. The molecule has 0 aliphatic rings. The van der Waals surface area contributed by atoms with Crippen LogP contribution in [0.4, 0.5) is 0 Å². The molecule has 0 aliphatic heterocycles. The first-order chi connectivity index (χ1) is 26.2. The Morgan fingerprint density at radius 2 is 1.06 bits per heavy atom. The molecule has 11 aromatic rings. The van der Waals surface area contributed by atoms with Crippen molar-refractivity contribution in [1.82, 2.24) is 19.9 Å². The van der Waals surface area contributed by atoms with E-state index in [0.29, 0.717) is 23.4 Å². The summed E-state index contributed by atoms with van der Waals surface area (Å²) < 4.78 is 15.1. The highest BCUT2D eigenvalue weighted by atomic mass is 32.1. The Kier molecular flexibility index (Phi) is 6.62. The van der Waals surface area contributed by atoms with Gasteiger partial charge in [0.25, 0.3) is 0 Å². The number of fused-ring (bicyclic) bond motifs is 7. The fourth-order valence-electron chi connectivity index (χ4n) is 7.26. The van der Waals surface area contributed by atoms with E-state index >= 15 is 0 Å². The third kappa shape index (κ3) is 4.93. The molecule has 0 radical (unpaired) electrons. The first kappa shape index (κ1) is 29.7. The predicted molar refractivity (Wildman–Crippen MR) is 215 cm³/mol. The maximum Gasteiger partial charge on any atom is 0.227 e. The summed E-state index contributed by atoms with van der Waals surface area (Å²) in [6.45, 7) is 0. The maximum absolute atomic E-state index is 6.38. The van der Waals surface area contributed by atoms with E-state index in [9.17, 15) is 0 Å². The van der Waals surface area contributed by atoms with Gasteiger partial charge in [-0.2, -0.15) is 0 Å². The topological polar surface area (TPSA) is 77.8 Å². The van der Waals surface area contributed by atoms with Gasteiger partial charge < -0.3 is 8.83 Å². The van der Waals surface area contributed by atoms with Crippen LogP contribution in [0.3, 0.4) is 0 Å². The SMILES string of the molecule is c1ccc(-c2nc(-c3ccc(-c4cccc5c4sc4ccccc45)cc3)nc(-c3cccc4oc5ccc(-c6nc7ccccc7o6)cc5c34)n2)cc1. The van der Waals surface area contributed by atoms with Crippen molar-refractivity contribution in [3.63, 3.8) is 0 Å². The lowest BCUT2D eigenvalue weighted by Crippen LogP contribution is -2.00. The van der Waals surface area contributed by atoms with Crippen LogP contribution in [-0.2, 0) is 0 Å². The number of para-hydroxylation sites is 2. The van der Waals surface area contributed by atoms with Crippen molar-refractivity contribution in [1.29, 1.82) is 0 Å². The quantitative estimate of drug-likeness (QED) is 0.178. The molecule has 0 aliphatic carbocycles. The summed E-state index contributed by atoms with van der Waals surface area (Å²) in [6.07, 6.45) is 0. The van der Waals surface area contributed by atoms with E-state index in [1.165, 1.54) is 25.7 Å². The third-order valence-electron chi connectivity index (χ3n) is 9.80. The van der Waals surface area contributed by atoms with Crippen LogP contribution in [0.2, 0.25) is 0 Å². The second-order valence-corrected chi connectivity index (χ2v) is 14.1. The molecule has 0 atom stereocenters. The molecule has 0 fully saturated rings. The molecule has 6 nitrogen and oxygen atoms in total. The number of aromatic nitrogens is 4.